The van der Waals surface area contributed by atoms with Crippen LogP contribution < -0.4 is 10.9 Å². The average Bonchev–Trinajstić information content (AvgIpc) is 2.48. The number of hydrogen-bond acceptors (Lipinski definition) is 5. The molecule has 1 atom stereocenters. The van der Waals surface area contributed by atoms with Gasteiger partial charge in [0, 0.05) is 32.2 Å². The molecular formula is C14H23BrN4O2. The Labute approximate surface area is 133 Å². The molecule has 0 saturated carbocycles. The fourth-order valence-corrected chi connectivity index (χ4v) is 2.84. The molecule has 0 aliphatic carbocycles. The molecule has 118 valence electrons. The minimum Gasteiger partial charge on any atom is -0.379 e. The van der Waals surface area contributed by atoms with Crippen molar-refractivity contribution in [2.24, 2.45) is 0 Å². The lowest BCUT2D eigenvalue weighted by Crippen LogP contribution is -2.42. The first-order chi connectivity index (χ1) is 10.1. The maximum absolute atomic E-state index is 12.1. The number of aromatic nitrogens is 2. The second-order valence-corrected chi connectivity index (χ2v) is 6.15. The molecule has 1 aliphatic rings. The van der Waals surface area contributed by atoms with Gasteiger partial charge in [-0.1, -0.05) is 6.92 Å². The average molecular weight is 359 g/mol. The van der Waals surface area contributed by atoms with Gasteiger partial charge in [0.25, 0.3) is 5.56 Å². The number of morpholine rings is 1. The van der Waals surface area contributed by atoms with E-state index in [0.717, 1.165) is 45.0 Å². The Morgan fingerprint density at radius 2 is 2.19 bits per heavy atom. The third-order valence-electron chi connectivity index (χ3n) is 3.46. The van der Waals surface area contributed by atoms with E-state index < -0.39 is 0 Å². The van der Waals surface area contributed by atoms with Gasteiger partial charge >= 0.3 is 0 Å². The zero-order valence-electron chi connectivity index (χ0n) is 12.6. The number of ether oxygens (including phenoxy) is 1. The van der Waals surface area contributed by atoms with E-state index in [1.807, 2.05) is 6.92 Å². The van der Waals surface area contributed by atoms with Crippen LogP contribution in [0.2, 0.25) is 0 Å². The number of aryl methyl sites for hydroxylation is 1. The summed E-state index contributed by atoms with van der Waals surface area (Å²) in [5, 5.41) is 7.57. The Kier molecular flexibility index (Phi) is 6.20. The molecule has 2 heterocycles. The van der Waals surface area contributed by atoms with Crippen LogP contribution >= 0.6 is 15.9 Å². The summed E-state index contributed by atoms with van der Waals surface area (Å²) in [4.78, 5) is 14.5. The molecule has 1 saturated heterocycles. The van der Waals surface area contributed by atoms with Gasteiger partial charge in [-0.25, -0.2) is 4.68 Å². The van der Waals surface area contributed by atoms with E-state index >= 15 is 0 Å². The topological polar surface area (TPSA) is 59.4 Å². The number of halogens is 1. The van der Waals surface area contributed by atoms with Crippen LogP contribution in [0.3, 0.4) is 0 Å². The van der Waals surface area contributed by atoms with E-state index in [2.05, 4.69) is 38.2 Å². The van der Waals surface area contributed by atoms with E-state index in [1.54, 1.807) is 6.20 Å². The summed E-state index contributed by atoms with van der Waals surface area (Å²) in [6.45, 7) is 9.22. The molecule has 1 N–H and O–H groups in total. The lowest BCUT2D eigenvalue weighted by atomic mass is 10.2. The van der Waals surface area contributed by atoms with Crippen LogP contribution in [-0.2, 0) is 11.3 Å². The van der Waals surface area contributed by atoms with Crippen molar-refractivity contribution in [3.63, 3.8) is 0 Å². The molecule has 21 heavy (non-hydrogen) atoms. The maximum Gasteiger partial charge on any atom is 0.283 e. The van der Waals surface area contributed by atoms with E-state index in [4.69, 9.17) is 4.74 Å². The molecule has 0 aromatic carbocycles. The monoisotopic (exact) mass is 358 g/mol. The van der Waals surface area contributed by atoms with Crippen molar-refractivity contribution in [1.82, 2.24) is 14.7 Å². The summed E-state index contributed by atoms with van der Waals surface area (Å²) in [5.41, 5.74) is 0.675. The predicted molar refractivity (Wildman–Crippen MR) is 86.8 cm³/mol. The molecular weight excluding hydrogens is 336 g/mol. The molecule has 1 fully saturated rings. The zero-order valence-corrected chi connectivity index (χ0v) is 14.2. The summed E-state index contributed by atoms with van der Waals surface area (Å²) in [6, 6.07) is 0.239. The first kappa shape index (κ1) is 16.5. The summed E-state index contributed by atoms with van der Waals surface area (Å²) in [6.07, 6.45) is 2.61. The van der Waals surface area contributed by atoms with Gasteiger partial charge in [0.15, 0.2) is 0 Å². The Morgan fingerprint density at radius 1 is 1.48 bits per heavy atom. The number of nitrogens with one attached hydrogen (secondary N) is 1. The second-order valence-electron chi connectivity index (χ2n) is 5.36. The van der Waals surface area contributed by atoms with Crippen LogP contribution in [0, 0.1) is 0 Å². The summed E-state index contributed by atoms with van der Waals surface area (Å²) in [7, 11) is 0. The van der Waals surface area contributed by atoms with E-state index in [0.29, 0.717) is 11.0 Å². The van der Waals surface area contributed by atoms with Gasteiger partial charge in [-0.2, -0.15) is 5.10 Å². The Hall–Kier alpha value is -0.920. The van der Waals surface area contributed by atoms with Crippen molar-refractivity contribution in [3.05, 3.63) is 21.0 Å². The molecule has 6 nitrogen and oxygen atoms in total. The lowest BCUT2D eigenvalue weighted by Gasteiger charge is -2.29. The normalized spacial score (nSPS) is 17.7. The highest BCUT2D eigenvalue weighted by Crippen LogP contribution is 2.17. The third-order valence-corrected chi connectivity index (χ3v) is 4.22. The number of anilines is 1. The maximum atomic E-state index is 12.1. The Balaban J connectivity index is 1.98. The van der Waals surface area contributed by atoms with Gasteiger partial charge in [0.1, 0.15) is 4.47 Å². The zero-order chi connectivity index (χ0) is 15.2. The molecule has 1 aromatic heterocycles. The fourth-order valence-electron chi connectivity index (χ4n) is 2.42. The van der Waals surface area contributed by atoms with Crippen molar-refractivity contribution in [2.75, 3.05) is 38.2 Å². The highest BCUT2D eigenvalue weighted by molar-refractivity contribution is 9.10. The van der Waals surface area contributed by atoms with Crippen LogP contribution in [0.15, 0.2) is 15.5 Å². The van der Waals surface area contributed by atoms with Gasteiger partial charge in [0.05, 0.1) is 25.1 Å². The molecule has 0 amide bonds. The SMILES string of the molecule is CCCn1ncc(NC(C)CN2CCOCC2)c(Br)c1=O. The van der Waals surface area contributed by atoms with Crippen molar-refractivity contribution < 1.29 is 4.74 Å². The van der Waals surface area contributed by atoms with Crippen molar-refractivity contribution >= 4 is 21.6 Å². The minimum absolute atomic E-state index is 0.0829. The van der Waals surface area contributed by atoms with Gasteiger partial charge < -0.3 is 10.1 Å². The van der Waals surface area contributed by atoms with Gasteiger partial charge in [-0.05, 0) is 29.3 Å². The highest BCUT2D eigenvalue weighted by Gasteiger charge is 2.15. The predicted octanol–water partition coefficient (Wildman–Crippen LogP) is 1.55. The van der Waals surface area contributed by atoms with Crippen LogP contribution in [-0.4, -0.2) is 53.6 Å². The molecule has 2 rings (SSSR count). The second kappa shape index (κ2) is 7.91. The fraction of sp³-hybridized carbons (Fsp3) is 0.714. The number of nitrogens with zero attached hydrogens (tertiary/aromatic N) is 3. The molecule has 7 heteroatoms. The van der Waals surface area contributed by atoms with Crippen molar-refractivity contribution in [2.45, 2.75) is 32.9 Å². The van der Waals surface area contributed by atoms with Gasteiger partial charge in [-0.3, -0.25) is 9.69 Å². The van der Waals surface area contributed by atoms with E-state index in [9.17, 15) is 4.79 Å². The van der Waals surface area contributed by atoms with Gasteiger partial charge in [0.2, 0.25) is 0 Å². The summed E-state index contributed by atoms with van der Waals surface area (Å²) >= 11 is 3.39. The molecule has 1 aromatic rings. The first-order valence-corrected chi connectivity index (χ1v) is 8.23. The quantitative estimate of drug-likeness (QED) is 0.835. The van der Waals surface area contributed by atoms with Crippen LogP contribution in [0.5, 0.6) is 0 Å². The van der Waals surface area contributed by atoms with Crippen LogP contribution in [0.25, 0.3) is 0 Å². The summed E-state index contributed by atoms with van der Waals surface area (Å²) in [5.74, 6) is 0. The summed E-state index contributed by atoms with van der Waals surface area (Å²) < 4.78 is 7.39. The molecule has 0 radical (unpaired) electrons. The number of rotatable bonds is 6. The van der Waals surface area contributed by atoms with Crippen molar-refractivity contribution in [1.29, 1.82) is 0 Å². The molecule has 1 unspecified atom stereocenters. The lowest BCUT2D eigenvalue weighted by molar-refractivity contribution is 0.0368. The first-order valence-electron chi connectivity index (χ1n) is 7.44. The number of hydrogen-bond donors (Lipinski definition) is 1. The highest BCUT2D eigenvalue weighted by atomic mass is 79.9. The van der Waals surface area contributed by atoms with Crippen LogP contribution in [0.4, 0.5) is 5.69 Å². The molecule has 0 spiro atoms. The van der Waals surface area contributed by atoms with Crippen LogP contribution in [0.1, 0.15) is 20.3 Å². The molecule has 0 bridgehead atoms. The largest absolute Gasteiger partial charge is 0.379 e. The molecule has 1 aliphatic heterocycles. The standard InChI is InChI=1S/C14H23BrN4O2/c1-3-4-19-14(20)13(15)12(9-16-19)17-11(2)10-18-5-7-21-8-6-18/h9,11,17H,3-8,10H2,1-2H3. The third kappa shape index (κ3) is 4.52. The smallest absolute Gasteiger partial charge is 0.283 e. The van der Waals surface area contributed by atoms with E-state index in [1.165, 1.54) is 4.68 Å². The Bertz CT molecular complexity index is 514. The minimum atomic E-state index is -0.0829. The van der Waals surface area contributed by atoms with Gasteiger partial charge in [-0.15, -0.1) is 0 Å². The van der Waals surface area contributed by atoms with Crippen molar-refractivity contribution in [3.8, 4) is 0 Å². The van der Waals surface area contributed by atoms with E-state index in [-0.39, 0.29) is 11.6 Å². The Morgan fingerprint density at radius 3 is 2.86 bits per heavy atom.